The van der Waals surface area contributed by atoms with Crippen molar-refractivity contribution in [1.82, 2.24) is 14.5 Å². The van der Waals surface area contributed by atoms with Gasteiger partial charge in [0, 0.05) is 37.2 Å². The van der Waals surface area contributed by atoms with Crippen molar-refractivity contribution in [2.75, 3.05) is 17.3 Å². The fourth-order valence-electron chi connectivity index (χ4n) is 6.05. The number of fused-ring (bicyclic) bond motifs is 5. The number of hydrogen-bond donors (Lipinski definition) is 1. The van der Waals surface area contributed by atoms with E-state index in [1.54, 1.807) is 4.90 Å². The van der Waals surface area contributed by atoms with E-state index in [0.29, 0.717) is 18.2 Å². The van der Waals surface area contributed by atoms with Gasteiger partial charge in [0.1, 0.15) is 11.4 Å². The van der Waals surface area contributed by atoms with Crippen molar-refractivity contribution in [2.24, 2.45) is 4.99 Å². The maximum Gasteiger partial charge on any atom is 0.266 e. The molecule has 4 heterocycles. The molecule has 2 atom stereocenters. The summed E-state index contributed by atoms with van der Waals surface area (Å²) in [5.41, 5.74) is 7.03. The number of benzene rings is 2. The molecule has 3 aliphatic rings. The van der Waals surface area contributed by atoms with Crippen LogP contribution in [0.5, 0.6) is 0 Å². The first kappa shape index (κ1) is 22.8. The van der Waals surface area contributed by atoms with Gasteiger partial charge in [-0.1, -0.05) is 42.5 Å². The molecule has 7 heteroatoms. The standard InChI is InChI=1S/C31H30N6O/c1-20-15-16-32-25(17-20)22-13-11-21(12-14-22)18-36-19-27-28(29(36)33-23-7-4-3-5-8-23)30(38)35(2)31-34-24-9-6-10-26(24)37(27)31/h3-5,7-8,11-17,19,24,26,33H,6,9-10,18H2,1-2H3/t24-,26+/m1/s1. The average molecular weight is 503 g/mol. The summed E-state index contributed by atoms with van der Waals surface area (Å²) in [7, 11) is 1.85. The first-order chi connectivity index (χ1) is 18.6. The van der Waals surface area contributed by atoms with Crippen LogP contribution in [0.3, 0.4) is 0 Å². The predicted molar refractivity (Wildman–Crippen MR) is 151 cm³/mol. The predicted octanol–water partition coefficient (Wildman–Crippen LogP) is 5.83. The van der Waals surface area contributed by atoms with Crippen molar-refractivity contribution >= 4 is 29.1 Å². The quantitative estimate of drug-likeness (QED) is 0.373. The van der Waals surface area contributed by atoms with Crippen LogP contribution in [0.15, 0.2) is 84.1 Å². The van der Waals surface area contributed by atoms with E-state index in [-0.39, 0.29) is 11.9 Å². The second kappa shape index (κ2) is 8.87. The molecule has 38 heavy (non-hydrogen) atoms. The molecular weight excluding hydrogens is 472 g/mol. The zero-order valence-corrected chi connectivity index (χ0v) is 21.6. The fourth-order valence-corrected chi connectivity index (χ4v) is 6.05. The number of anilines is 3. The van der Waals surface area contributed by atoms with E-state index in [1.807, 2.05) is 49.6 Å². The van der Waals surface area contributed by atoms with E-state index in [0.717, 1.165) is 52.8 Å². The first-order valence-electron chi connectivity index (χ1n) is 13.3. The SMILES string of the molecule is Cc1ccnc(-c2ccc(Cn3cc4c(c3Nc3ccccc3)C(=O)N(C)C3=N[C@@H]5CCC[C@@H]5N34)cc2)c1. The number of pyridine rings is 1. The molecule has 0 radical (unpaired) electrons. The topological polar surface area (TPSA) is 65.8 Å². The Morgan fingerprint density at radius 3 is 2.63 bits per heavy atom. The summed E-state index contributed by atoms with van der Waals surface area (Å²) in [5.74, 6) is 1.58. The van der Waals surface area contributed by atoms with Crippen molar-refractivity contribution in [3.8, 4) is 11.3 Å². The second-order valence-electron chi connectivity index (χ2n) is 10.5. The summed E-state index contributed by atoms with van der Waals surface area (Å²) in [6.45, 7) is 2.72. The summed E-state index contributed by atoms with van der Waals surface area (Å²) in [6.07, 6.45) is 7.34. The van der Waals surface area contributed by atoms with Gasteiger partial charge in [0.2, 0.25) is 5.96 Å². The number of amides is 1. The molecule has 1 amide bonds. The van der Waals surface area contributed by atoms with Crippen LogP contribution in [0.1, 0.15) is 40.7 Å². The van der Waals surface area contributed by atoms with Crippen LogP contribution in [-0.2, 0) is 6.54 Å². The average Bonchev–Trinajstić information content (AvgIpc) is 3.62. The lowest BCUT2D eigenvalue weighted by atomic mass is 10.1. The van der Waals surface area contributed by atoms with Gasteiger partial charge in [-0.15, -0.1) is 0 Å². The summed E-state index contributed by atoms with van der Waals surface area (Å²) in [6, 6.07) is 23.3. The monoisotopic (exact) mass is 502 g/mol. The third kappa shape index (κ3) is 3.69. The summed E-state index contributed by atoms with van der Waals surface area (Å²) in [5, 5.41) is 3.57. The third-order valence-electron chi connectivity index (χ3n) is 7.96. The molecule has 1 aliphatic carbocycles. The Morgan fingerprint density at radius 2 is 1.84 bits per heavy atom. The fraction of sp³-hybridized carbons (Fsp3) is 0.258. The van der Waals surface area contributed by atoms with Crippen molar-refractivity contribution in [1.29, 1.82) is 0 Å². The number of aromatic nitrogens is 2. The van der Waals surface area contributed by atoms with Crippen LogP contribution in [0.2, 0.25) is 0 Å². The molecule has 0 spiro atoms. The smallest absolute Gasteiger partial charge is 0.266 e. The minimum absolute atomic E-state index is 0.0203. The number of aliphatic imine (C=N–C) groups is 1. The van der Waals surface area contributed by atoms with E-state index >= 15 is 0 Å². The molecule has 2 aromatic carbocycles. The highest BCUT2D eigenvalue weighted by atomic mass is 16.2. The van der Waals surface area contributed by atoms with Gasteiger partial charge >= 0.3 is 0 Å². The zero-order chi connectivity index (χ0) is 25.8. The van der Waals surface area contributed by atoms with Crippen molar-refractivity contribution in [3.05, 3.63) is 95.8 Å². The Morgan fingerprint density at radius 1 is 1.03 bits per heavy atom. The molecule has 0 saturated heterocycles. The van der Waals surface area contributed by atoms with Crippen molar-refractivity contribution in [2.45, 2.75) is 44.8 Å². The van der Waals surface area contributed by atoms with Crippen molar-refractivity contribution < 1.29 is 4.79 Å². The zero-order valence-electron chi connectivity index (χ0n) is 21.6. The van der Waals surface area contributed by atoms with Crippen LogP contribution in [0.25, 0.3) is 11.3 Å². The van der Waals surface area contributed by atoms with E-state index < -0.39 is 0 Å². The Hall–Kier alpha value is -4.39. The molecule has 2 aromatic heterocycles. The van der Waals surface area contributed by atoms with Gasteiger partial charge in [0.05, 0.1) is 23.5 Å². The molecule has 0 unspecified atom stereocenters. The van der Waals surface area contributed by atoms with Gasteiger partial charge in [-0.05, 0) is 61.6 Å². The number of aryl methyl sites for hydroxylation is 1. The maximum absolute atomic E-state index is 13.7. The maximum atomic E-state index is 13.7. The molecule has 1 fully saturated rings. The molecule has 4 aromatic rings. The molecular formula is C31H30N6O. The number of carbonyl (C=O) groups is 1. The molecule has 1 saturated carbocycles. The first-order valence-corrected chi connectivity index (χ1v) is 13.3. The largest absolute Gasteiger partial charge is 0.341 e. The number of nitrogens with one attached hydrogen (secondary N) is 1. The highest BCUT2D eigenvalue weighted by Gasteiger charge is 2.48. The number of hydrogen-bond acceptors (Lipinski definition) is 5. The Balaban J connectivity index is 1.29. The highest BCUT2D eigenvalue weighted by Crippen LogP contribution is 2.44. The lowest BCUT2D eigenvalue weighted by Crippen LogP contribution is -2.51. The van der Waals surface area contributed by atoms with Crippen LogP contribution >= 0.6 is 0 Å². The van der Waals surface area contributed by atoms with Gasteiger partial charge in [0.15, 0.2) is 0 Å². The molecule has 2 aliphatic heterocycles. The van der Waals surface area contributed by atoms with Crippen LogP contribution in [0, 0.1) is 6.92 Å². The number of para-hydroxylation sites is 1. The van der Waals surface area contributed by atoms with Gasteiger partial charge < -0.3 is 14.8 Å². The summed E-state index contributed by atoms with van der Waals surface area (Å²) >= 11 is 0. The van der Waals surface area contributed by atoms with Gasteiger partial charge in [-0.3, -0.25) is 14.7 Å². The Kier molecular flexibility index (Phi) is 5.32. The van der Waals surface area contributed by atoms with Gasteiger partial charge in [0.25, 0.3) is 5.91 Å². The minimum Gasteiger partial charge on any atom is -0.341 e. The van der Waals surface area contributed by atoms with Gasteiger partial charge in [-0.2, -0.15) is 0 Å². The number of nitrogens with zero attached hydrogens (tertiary/aromatic N) is 5. The highest BCUT2D eigenvalue weighted by molar-refractivity contribution is 6.22. The van der Waals surface area contributed by atoms with Crippen LogP contribution < -0.4 is 10.2 Å². The van der Waals surface area contributed by atoms with Crippen LogP contribution in [-0.4, -0.2) is 45.4 Å². The third-order valence-corrected chi connectivity index (χ3v) is 7.96. The lowest BCUT2D eigenvalue weighted by molar-refractivity contribution is 0.0866. The molecule has 7 nitrogen and oxygen atoms in total. The minimum atomic E-state index is -0.0203. The van der Waals surface area contributed by atoms with E-state index in [2.05, 4.69) is 63.2 Å². The lowest BCUT2D eigenvalue weighted by Gasteiger charge is -2.35. The van der Waals surface area contributed by atoms with Gasteiger partial charge in [-0.25, -0.2) is 4.99 Å². The van der Waals surface area contributed by atoms with E-state index in [4.69, 9.17) is 4.99 Å². The normalized spacial score (nSPS) is 19.7. The van der Waals surface area contributed by atoms with Crippen molar-refractivity contribution in [3.63, 3.8) is 0 Å². The molecule has 0 bridgehead atoms. The molecule has 7 rings (SSSR count). The summed E-state index contributed by atoms with van der Waals surface area (Å²) < 4.78 is 2.18. The molecule has 190 valence electrons. The van der Waals surface area contributed by atoms with E-state index in [9.17, 15) is 4.79 Å². The molecule has 1 N–H and O–H groups in total. The van der Waals surface area contributed by atoms with Crippen LogP contribution in [0.4, 0.5) is 17.2 Å². The second-order valence-corrected chi connectivity index (χ2v) is 10.5. The number of carbonyl (C=O) groups excluding carboxylic acids is 1. The Labute approximate surface area is 222 Å². The number of rotatable bonds is 5. The number of guanidine groups is 1. The Bertz CT molecular complexity index is 1560. The summed E-state index contributed by atoms with van der Waals surface area (Å²) in [4.78, 5) is 27.3. The van der Waals surface area contributed by atoms with E-state index in [1.165, 1.54) is 12.0 Å².